The maximum Gasteiger partial charge on any atom is 0.274 e. The number of amides is 1. The number of carbonyl (C=O) groups is 1. The SMILES string of the molecule is CN(Cc1nc(-c2ccccc2)cs1)C1CCc2c(c(C(=O)N3CCc4ccccc4C3)nn2C)C1. The summed E-state index contributed by atoms with van der Waals surface area (Å²) in [6.07, 6.45) is 3.75. The summed E-state index contributed by atoms with van der Waals surface area (Å²) in [7, 11) is 4.16. The van der Waals surface area contributed by atoms with Crippen molar-refractivity contribution in [2.45, 2.75) is 44.8 Å². The van der Waals surface area contributed by atoms with Gasteiger partial charge in [0.1, 0.15) is 5.01 Å². The van der Waals surface area contributed by atoms with Crippen LogP contribution in [0.4, 0.5) is 0 Å². The molecule has 36 heavy (non-hydrogen) atoms. The van der Waals surface area contributed by atoms with Crippen LogP contribution in [-0.4, -0.2) is 50.1 Å². The van der Waals surface area contributed by atoms with E-state index < -0.39 is 0 Å². The number of hydrogen-bond donors (Lipinski definition) is 0. The molecule has 7 heteroatoms. The van der Waals surface area contributed by atoms with E-state index in [1.807, 2.05) is 22.7 Å². The molecule has 0 saturated carbocycles. The van der Waals surface area contributed by atoms with Crippen LogP contribution in [0.25, 0.3) is 11.3 Å². The number of carbonyl (C=O) groups excluding carboxylic acids is 1. The summed E-state index contributed by atoms with van der Waals surface area (Å²) in [5, 5.41) is 8.00. The van der Waals surface area contributed by atoms with E-state index in [0.717, 1.165) is 60.6 Å². The van der Waals surface area contributed by atoms with Gasteiger partial charge in [-0.2, -0.15) is 5.10 Å². The Morgan fingerprint density at radius 3 is 2.69 bits per heavy atom. The van der Waals surface area contributed by atoms with E-state index in [0.29, 0.717) is 18.3 Å². The second kappa shape index (κ2) is 9.64. The number of aromatic nitrogens is 3. The predicted octanol–water partition coefficient (Wildman–Crippen LogP) is 4.73. The summed E-state index contributed by atoms with van der Waals surface area (Å²) >= 11 is 1.72. The number of benzene rings is 2. The second-order valence-corrected chi connectivity index (χ2v) is 10.9. The lowest BCUT2D eigenvalue weighted by Gasteiger charge is -2.32. The highest BCUT2D eigenvalue weighted by Gasteiger charge is 2.33. The smallest absolute Gasteiger partial charge is 0.274 e. The molecule has 2 aromatic heterocycles. The van der Waals surface area contributed by atoms with Gasteiger partial charge in [0.25, 0.3) is 5.91 Å². The average molecular weight is 498 g/mol. The molecule has 1 aliphatic heterocycles. The van der Waals surface area contributed by atoms with E-state index in [2.05, 4.69) is 65.9 Å². The maximum atomic E-state index is 13.6. The molecule has 0 radical (unpaired) electrons. The minimum absolute atomic E-state index is 0.0667. The molecule has 184 valence electrons. The monoisotopic (exact) mass is 497 g/mol. The van der Waals surface area contributed by atoms with Gasteiger partial charge < -0.3 is 4.90 Å². The Balaban J connectivity index is 1.17. The number of nitrogens with zero attached hydrogens (tertiary/aromatic N) is 5. The molecule has 3 heterocycles. The van der Waals surface area contributed by atoms with Gasteiger partial charge in [-0.25, -0.2) is 4.98 Å². The zero-order valence-corrected chi connectivity index (χ0v) is 21.7. The molecule has 6 rings (SSSR count). The standard InChI is InChI=1S/C29H31N5OS/c1-32(18-27-30-25(19-36-27)21-9-4-3-5-10-21)23-12-13-26-24(16-23)28(31-33(26)2)29(35)34-15-14-20-8-6-7-11-22(20)17-34/h3-11,19,23H,12-18H2,1-2H3. The van der Waals surface area contributed by atoms with Gasteiger partial charge in [0, 0.05) is 48.4 Å². The van der Waals surface area contributed by atoms with E-state index in [4.69, 9.17) is 10.1 Å². The van der Waals surface area contributed by atoms with E-state index in [-0.39, 0.29) is 5.91 Å². The fourth-order valence-electron chi connectivity index (χ4n) is 5.61. The predicted molar refractivity (Wildman–Crippen MR) is 143 cm³/mol. The minimum atomic E-state index is 0.0667. The van der Waals surface area contributed by atoms with Crippen molar-refractivity contribution < 1.29 is 4.79 Å². The van der Waals surface area contributed by atoms with Crippen molar-refractivity contribution in [3.8, 4) is 11.3 Å². The summed E-state index contributed by atoms with van der Waals surface area (Å²) < 4.78 is 1.93. The Morgan fingerprint density at radius 1 is 1.08 bits per heavy atom. The van der Waals surface area contributed by atoms with Crippen molar-refractivity contribution in [3.63, 3.8) is 0 Å². The molecule has 1 atom stereocenters. The Bertz CT molecular complexity index is 1390. The van der Waals surface area contributed by atoms with E-state index in [1.54, 1.807) is 11.3 Å². The molecule has 1 unspecified atom stereocenters. The molecule has 2 aromatic carbocycles. The topological polar surface area (TPSA) is 54.3 Å². The van der Waals surface area contributed by atoms with Crippen LogP contribution in [0.1, 0.15) is 44.3 Å². The summed E-state index contributed by atoms with van der Waals surface area (Å²) in [5.41, 5.74) is 7.78. The number of hydrogen-bond acceptors (Lipinski definition) is 5. The van der Waals surface area contributed by atoms with Gasteiger partial charge >= 0.3 is 0 Å². The molecule has 4 aromatic rings. The fraction of sp³-hybridized carbons (Fsp3) is 0.345. The molecule has 0 N–H and O–H groups in total. The Hall–Kier alpha value is -3.29. The van der Waals surface area contributed by atoms with E-state index >= 15 is 0 Å². The molecule has 0 bridgehead atoms. The molecule has 2 aliphatic rings. The molecule has 6 nitrogen and oxygen atoms in total. The third-order valence-electron chi connectivity index (χ3n) is 7.68. The van der Waals surface area contributed by atoms with Crippen LogP contribution < -0.4 is 0 Å². The Kier molecular flexibility index (Phi) is 6.19. The van der Waals surface area contributed by atoms with Crippen molar-refractivity contribution >= 4 is 17.2 Å². The van der Waals surface area contributed by atoms with Crippen molar-refractivity contribution in [1.82, 2.24) is 24.6 Å². The second-order valence-electron chi connectivity index (χ2n) is 9.95. The molecule has 1 aliphatic carbocycles. The highest BCUT2D eigenvalue weighted by molar-refractivity contribution is 7.09. The van der Waals surface area contributed by atoms with Gasteiger partial charge in [0.05, 0.1) is 12.2 Å². The molecule has 0 saturated heterocycles. The number of aryl methyl sites for hydroxylation is 1. The molecule has 1 amide bonds. The van der Waals surface area contributed by atoms with E-state index in [1.165, 1.54) is 16.8 Å². The van der Waals surface area contributed by atoms with Gasteiger partial charge in [-0.15, -0.1) is 11.3 Å². The van der Waals surface area contributed by atoms with Crippen LogP contribution in [-0.2, 0) is 39.4 Å². The van der Waals surface area contributed by atoms with Crippen LogP contribution in [0, 0.1) is 0 Å². The maximum absolute atomic E-state index is 13.6. The van der Waals surface area contributed by atoms with Gasteiger partial charge in [-0.3, -0.25) is 14.4 Å². The van der Waals surface area contributed by atoms with Crippen LogP contribution in [0.15, 0.2) is 60.0 Å². The van der Waals surface area contributed by atoms with Gasteiger partial charge in [0.2, 0.25) is 0 Å². The lowest BCUT2D eigenvalue weighted by molar-refractivity contribution is 0.0726. The normalized spacial score (nSPS) is 17.2. The minimum Gasteiger partial charge on any atom is -0.333 e. The van der Waals surface area contributed by atoms with Crippen molar-refractivity contribution in [2.24, 2.45) is 7.05 Å². The first-order valence-corrected chi connectivity index (χ1v) is 13.6. The lowest BCUT2D eigenvalue weighted by atomic mass is 9.90. The van der Waals surface area contributed by atoms with Gasteiger partial charge in [-0.05, 0) is 43.9 Å². The first-order chi connectivity index (χ1) is 17.6. The summed E-state index contributed by atoms with van der Waals surface area (Å²) in [4.78, 5) is 22.9. The highest BCUT2D eigenvalue weighted by atomic mass is 32.1. The van der Waals surface area contributed by atoms with Crippen LogP contribution in [0.5, 0.6) is 0 Å². The lowest BCUT2D eigenvalue weighted by Crippen LogP contribution is -2.38. The van der Waals surface area contributed by atoms with Crippen LogP contribution in [0.2, 0.25) is 0 Å². The largest absolute Gasteiger partial charge is 0.333 e. The first-order valence-electron chi connectivity index (χ1n) is 12.7. The summed E-state index contributed by atoms with van der Waals surface area (Å²) in [5.74, 6) is 0.0667. The molecular weight excluding hydrogens is 466 g/mol. The molecular formula is C29H31N5OS. The zero-order valence-electron chi connectivity index (χ0n) is 20.9. The summed E-state index contributed by atoms with van der Waals surface area (Å²) in [6, 6.07) is 19.1. The Morgan fingerprint density at radius 2 is 1.86 bits per heavy atom. The number of likely N-dealkylation sites (N-methyl/N-ethyl adjacent to an activating group) is 1. The molecule has 0 spiro atoms. The quantitative estimate of drug-likeness (QED) is 0.400. The molecule has 0 fully saturated rings. The number of fused-ring (bicyclic) bond motifs is 2. The number of thiazole rings is 1. The van der Waals surface area contributed by atoms with Gasteiger partial charge in [-0.1, -0.05) is 54.6 Å². The third-order valence-corrected chi connectivity index (χ3v) is 8.51. The van der Waals surface area contributed by atoms with Crippen molar-refractivity contribution in [2.75, 3.05) is 13.6 Å². The Labute approximate surface area is 216 Å². The van der Waals surface area contributed by atoms with E-state index in [9.17, 15) is 4.79 Å². The third kappa shape index (κ3) is 4.38. The first kappa shape index (κ1) is 23.1. The highest BCUT2D eigenvalue weighted by Crippen LogP contribution is 2.30. The van der Waals surface area contributed by atoms with Crippen LogP contribution in [0.3, 0.4) is 0 Å². The zero-order chi connectivity index (χ0) is 24.6. The van der Waals surface area contributed by atoms with Gasteiger partial charge in [0.15, 0.2) is 5.69 Å². The van der Waals surface area contributed by atoms with Crippen molar-refractivity contribution in [3.05, 3.63) is 93.1 Å². The van der Waals surface area contributed by atoms with Crippen molar-refractivity contribution in [1.29, 1.82) is 0 Å². The summed E-state index contributed by atoms with van der Waals surface area (Å²) in [6.45, 7) is 2.22. The number of rotatable bonds is 5. The van der Waals surface area contributed by atoms with Crippen LogP contribution >= 0.6 is 11.3 Å². The average Bonchev–Trinajstić information content (AvgIpc) is 3.52. The fourth-order valence-corrected chi connectivity index (χ4v) is 6.47.